The van der Waals surface area contributed by atoms with E-state index >= 15 is 0 Å². The Hall–Kier alpha value is -2.80. The lowest BCUT2D eigenvalue weighted by molar-refractivity contribution is 0.102. The van der Waals surface area contributed by atoms with E-state index in [0.717, 1.165) is 25.1 Å². The topological polar surface area (TPSA) is 81.7 Å². The molecule has 1 unspecified atom stereocenters. The van der Waals surface area contributed by atoms with Gasteiger partial charge in [-0.15, -0.1) is 0 Å². The number of benzene rings is 1. The largest absolute Gasteiger partial charge is 0.497 e. The summed E-state index contributed by atoms with van der Waals surface area (Å²) in [6.45, 7) is 1.52. The predicted molar refractivity (Wildman–Crippen MR) is 99.2 cm³/mol. The van der Waals surface area contributed by atoms with Crippen molar-refractivity contribution in [1.82, 2.24) is 4.98 Å². The van der Waals surface area contributed by atoms with Crippen molar-refractivity contribution in [3.05, 3.63) is 42.2 Å². The van der Waals surface area contributed by atoms with Gasteiger partial charge in [0.05, 0.1) is 37.3 Å². The van der Waals surface area contributed by atoms with Gasteiger partial charge in [0.25, 0.3) is 5.91 Å². The second kappa shape index (κ2) is 8.53. The summed E-state index contributed by atoms with van der Waals surface area (Å²) in [6, 6.07) is 6.99. The Balaban J connectivity index is 1.67. The molecule has 1 amide bonds. The van der Waals surface area contributed by atoms with Crippen molar-refractivity contribution in [1.29, 1.82) is 0 Å². The van der Waals surface area contributed by atoms with E-state index in [0.29, 0.717) is 29.3 Å². The predicted octanol–water partition coefficient (Wildman–Crippen LogP) is 2.94. The molecule has 7 nitrogen and oxygen atoms in total. The smallest absolute Gasteiger partial charge is 0.257 e. The zero-order chi connectivity index (χ0) is 18.4. The molecule has 0 aliphatic carbocycles. The lowest BCUT2D eigenvalue weighted by Gasteiger charge is -2.13. The van der Waals surface area contributed by atoms with Crippen LogP contribution in [0.2, 0.25) is 0 Å². The number of hydrogen-bond acceptors (Lipinski definition) is 6. The molecule has 1 aromatic heterocycles. The lowest BCUT2D eigenvalue weighted by Crippen LogP contribution is -2.19. The van der Waals surface area contributed by atoms with E-state index in [-0.39, 0.29) is 12.0 Å². The summed E-state index contributed by atoms with van der Waals surface area (Å²) < 4.78 is 16.1. The minimum absolute atomic E-state index is 0.219. The molecular formula is C19H23N3O4. The van der Waals surface area contributed by atoms with E-state index in [2.05, 4.69) is 15.6 Å². The molecule has 7 heteroatoms. The average Bonchev–Trinajstić information content (AvgIpc) is 3.20. The Morgan fingerprint density at radius 1 is 1.27 bits per heavy atom. The van der Waals surface area contributed by atoms with Gasteiger partial charge in [0, 0.05) is 31.6 Å². The fourth-order valence-electron chi connectivity index (χ4n) is 2.79. The third-order valence-electron chi connectivity index (χ3n) is 4.22. The Kier molecular flexibility index (Phi) is 5.91. The van der Waals surface area contributed by atoms with Gasteiger partial charge in [-0.3, -0.25) is 9.78 Å². The van der Waals surface area contributed by atoms with E-state index in [1.54, 1.807) is 44.7 Å². The minimum Gasteiger partial charge on any atom is -0.497 e. The number of ether oxygens (including phenoxy) is 3. The van der Waals surface area contributed by atoms with Gasteiger partial charge >= 0.3 is 0 Å². The van der Waals surface area contributed by atoms with Gasteiger partial charge in [0.1, 0.15) is 11.5 Å². The zero-order valence-corrected chi connectivity index (χ0v) is 15.0. The van der Waals surface area contributed by atoms with Crippen molar-refractivity contribution in [2.45, 2.75) is 18.9 Å². The molecule has 2 N–H and O–H groups in total. The van der Waals surface area contributed by atoms with Gasteiger partial charge in [-0.05, 0) is 31.0 Å². The van der Waals surface area contributed by atoms with Gasteiger partial charge in [-0.2, -0.15) is 0 Å². The maximum atomic E-state index is 12.6. The fourth-order valence-corrected chi connectivity index (χ4v) is 2.79. The summed E-state index contributed by atoms with van der Waals surface area (Å²) in [7, 11) is 3.12. The highest BCUT2D eigenvalue weighted by molar-refractivity contribution is 6.05. The van der Waals surface area contributed by atoms with Crippen molar-refractivity contribution >= 4 is 17.3 Å². The molecule has 2 heterocycles. The van der Waals surface area contributed by atoms with Crippen LogP contribution >= 0.6 is 0 Å². The molecule has 1 aromatic carbocycles. The summed E-state index contributed by atoms with van der Waals surface area (Å²) in [5, 5.41) is 6.12. The number of anilines is 2. The first kappa shape index (κ1) is 18.0. The van der Waals surface area contributed by atoms with Gasteiger partial charge in [0.2, 0.25) is 0 Å². The lowest BCUT2D eigenvalue weighted by atomic mass is 10.2. The number of pyridine rings is 1. The van der Waals surface area contributed by atoms with Crippen molar-refractivity contribution in [2.75, 3.05) is 38.0 Å². The van der Waals surface area contributed by atoms with Gasteiger partial charge < -0.3 is 24.8 Å². The van der Waals surface area contributed by atoms with E-state index < -0.39 is 0 Å². The van der Waals surface area contributed by atoms with Crippen LogP contribution in [-0.4, -0.2) is 44.4 Å². The number of amides is 1. The van der Waals surface area contributed by atoms with Crippen LogP contribution in [0.4, 0.5) is 11.4 Å². The van der Waals surface area contributed by atoms with Crippen LogP contribution in [0.25, 0.3) is 0 Å². The third-order valence-corrected chi connectivity index (χ3v) is 4.22. The number of rotatable bonds is 7. The highest BCUT2D eigenvalue weighted by atomic mass is 16.5. The van der Waals surface area contributed by atoms with Crippen molar-refractivity contribution in [3.63, 3.8) is 0 Å². The van der Waals surface area contributed by atoms with Crippen molar-refractivity contribution in [3.8, 4) is 11.5 Å². The highest BCUT2D eigenvalue weighted by Crippen LogP contribution is 2.29. The normalized spacial score (nSPS) is 16.2. The number of carbonyl (C=O) groups is 1. The summed E-state index contributed by atoms with van der Waals surface area (Å²) in [5.41, 5.74) is 1.81. The first-order valence-electron chi connectivity index (χ1n) is 8.53. The summed E-state index contributed by atoms with van der Waals surface area (Å²) in [6.07, 6.45) is 5.59. The Labute approximate surface area is 152 Å². The number of carbonyl (C=O) groups excluding carboxylic acids is 1. The van der Waals surface area contributed by atoms with Gasteiger partial charge in [-0.1, -0.05) is 0 Å². The van der Waals surface area contributed by atoms with Crippen LogP contribution < -0.4 is 20.1 Å². The molecule has 1 fully saturated rings. The summed E-state index contributed by atoms with van der Waals surface area (Å²) in [4.78, 5) is 16.7. The van der Waals surface area contributed by atoms with Gasteiger partial charge in [-0.25, -0.2) is 0 Å². The van der Waals surface area contributed by atoms with E-state index in [1.807, 2.05) is 0 Å². The molecule has 2 aromatic rings. The van der Waals surface area contributed by atoms with Crippen molar-refractivity contribution in [2.24, 2.45) is 0 Å². The van der Waals surface area contributed by atoms with E-state index in [4.69, 9.17) is 14.2 Å². The van der Waals surface area contributed by atoms with Crippen LogP contribution in [0, 0.1) is 0 Å². The van der Waals surface area contributed by atoms with E-state index in [1.165, 1.54) is 6.20 Å². The Morgan fingerprint density at radius 2 is 2.15 bits per heavy atom. The number of hydrogen-bond donors (Lipinski definition) is 2. The fraction of sp³-hybridized carbons (Fsp3) is 0.368. The number of nitrogens with zero attached hydrogens (tertiary/aromatic N) is 1. The monoisotopic (exact) mass is 357 g/mol. The number of nitrogens with one attached hydrogen (secondary N) is 2. The maximum Gasteiger partial charge on any atom is 0.257 e. The molecule has 0 spiro atoms. The van der Waals surface area contributed by atoms with Gasteiger partial charge in [0.15, 0.2) is 0 Å². The molecule has 1 atom stereocenters. The zero-order valence-electron chi connectivity index (χ0n) is 15.0. The molecule has 0 saturated carbocycles. The molecule has 3 rings (SSSR count). The average molecular weight is 357 g/mol. The quantitative estimate of drug-likeness (QED) is 0.793. The third kappa shape index (κ3) is 4.43. The minimum atomic E-state index is -0.262. The molecule has 26 heavy (non-hydrogen) atoms. The first-order chi connectivity index (χ1) is 12.7. The van der Waals surface area contributed by atoms with Crippen LogP contribution in [0.5, 0.6) is 11.5 Å². The highest BCUT2D eigenvalue weighted by Gasteiger charge is 2.16. The Morgan fingerprint density at radius 3 is 2.88 bits per heavy atom. The van der Waals surface area contributed by atoms with Crippen LogP contribution in [0.15, 0.2) is 36.7 Å². The second-order valence-corrected chi connectivity index (χ2v) is 6.00. The number of aromatic nitrogens is 1. The van der Waals surface area contributed by atoms with Crippen molar-refractivity contribution < 1.29 is 19.0 Å². The molecular weight excluding hydrogens is 334 g/mol. The molecule has 1 aliphatic rings. The molecule has 138 valence electrons. The van der Waals surface area contributed by atoms with Crippen LogP contribution in [0.1, 0.15) is 23.2 Å². The van der Waals surface area contributed by atoms with Crippen LogP contribution in [-0.2, 0) is 4.74 Å². The molecule has 0 bridgehead atoms. The molecule has 1 saturated heterocycles. The Bertz CT molecular complexity index is 760. The van der Waals surface area contributed by atoms with Crippen LogP contribution in [0.3, 0.4) is 0 Å². The van der Waals surface area contributed by atoms with E-state index in [9.17, 15) is 4.79 Å². The SMILES string of the molecule is COc1ccc(NC(=O)c2cncc(NCC3CCCO3)c2)c(OC)c1. The number of methoxy groups -OCH3 is 2. The second-order valence-electron chi connectivity index (χ2n) is 6.00. The first-order valence-corrected chi connectivity index (χ1v) is 8.53. The molecule has 0 radical (unpaired) electrons. The maximum absolute atomic E-state index is 12.6. The standard InChI is InChI=1S/C19H23N3O4/c1-24-15-5-6-17(18(9-15)25-2)22-19(23)13-8-14(11-20-10-13)21-12-16-4-3-7-26-16/h5-6,8-11,16,21H,3-4,7,12H2,1-2H3,(H,22,23). The molecule has 1 aliphatic heterocycles. The summed E-state index contributed by atoms with van der Waals surface area (Å²) >= 11 is 0. The summed E-state index contributed by atoms with van der Waals surface area (Å²) in [5.74, 6) is 0.918.